The van der Waals surface area contributed by atoms with Crippen LogP contribution in [0.2, 0.25) is 0 Å². The first kappa shape index (κ1) is 107. The Morgan fingerprint density at radius 3 is 1.16 bits per heavy atom. The molecule has 8 aliphatic heterocycles. The summed E-state index contributed by atoms with van der Waals surface area (Å²) in [5, 5.41) is 17.8. The minimum atomic E-state index is -0.681. The van der Waals surface area contributed by atoms with Gasteiger partial charge in [-0.3, -0.25) is 40.0 Å². The van der Waals surface area contributed by atoms with Crippen molar-refractivity contribution in [2.45, 2.75) is 336 Å². The third-order valence-corrected chi connectivity index (χ3v) is 34.5. The van der Waals surface area contributed by atoms with Crippen molar-refractivity contribution in [1.82, 2.24) is 65.8 Å². The van der Waals surface area contributed by atoms with Gasteiger partial charge in [-0.25, -0.2) is 14.4 Å². The van der Waals surface area contributed by atoms with Gasteiger partial charge in [0, 0.05) is 142 Å². The van der Waals surface area contributed by atoms with Crippen LogP contribution in [0.4, 0.5) is 14.4 Å². The second-order valence-electron chi connectivity index (χ2n) is 43.6. The number of aromatic amines is 3. The van der Waals surface area contributed by atoms with E-state index in [1.165, 1.54) is 110 Å². The lowest BCUT2D eigenvalue weighted by atomic mass is 9.88. The lowest BCUT2D eigenvalue weighted by Crippen LogP contribution is -2.45. The summed E-state index contributed by atoms with van der Waals surface area (Å²) >= 11 is 14.7. The van der Waals surface area contributed by atoms with Crippen LogP contribution >= 0.6 is 58.4 Å². The number of benzene rings is 3. The van der Waals surface area contributed by atoms with Crippen LogP contribution < -0.4 is 27.0 Å². The van der Waals surface area contributed by atoms with Crippen LogP contribution in [-0.4, -0.2) is 197 Å². The van der Waals surface area contributed by atoms with E-state index >= 15 is 0 Å². The van der Waals surface area contributed by atoms with E-state index in [1.54, 1.807) is 61.7 Å². The molecule has 768 valence electrons. The summed E-state index contributed by atoms with van der Waals surface area (Å²) in [6.07, 6.45) is 21.0. The smallest absolute Gasteiger partial charge is 0.442 e. The predicted molar refractivity (Wildman–Crippen MR) is 592 cm³/mol. The van der Waals surface area contributed by atoms with Crippen LogP contribution in [-0.2, 0) is 44.8 Å². The third kappa shape index (κ3) is 24.3. The molecule has 5 atom stereocenters. The standard InChI is InChI=1S/C41H52N6O3S.C32H42N4O3S2.C27H35N3OS.C9H12N2.C5H7NO2S/c1-24(2)50-40(49)45-39(46-17-14-29(23-46)28-12-15-42-16-13-28)43-22-27(5)35-33-21-34(41(6,7)38(48)47-31-8-9-32(47)11-10-31)51-37(33)44-36(35)30-19-25(3)18-26(4)20-30;1-17(2)39-31(38)35-30(40)33-16-20(5)26-24-15-25(32(6,7)29(37)36-22-8-9-23(36)11-10-22)41-28(24)34-27(26)21-13-18(3)12-19(4)14-21;1-15-10-16(2)12-18(11-15)24-23(17(3)14-28)21-13-22(32-25(21)29-24)27(4,5)26(31)30-19-6-7-20(30)9-8-19;1-4-10-5-2-8(1)9-3-6-11-7-9;1-4(2)8-5(7)6-3-9/h12-13,15-16,18-21,24,27,29,31-32,44H,8-11,14,17,22-23H2,1-7H3,(H,43,45,49);12-15,17,20,22-23,34H,8-11,16H2,1-7H3,(H2,33,35,38,40);10-13,17,19-20,29H,6-9,14,28H2,1-5H3;1-2,4-5,9,11H,3,6-7H2;4H,1-2H3/t27-,29?,31?,32?;20-,22?,23?;17-,19?,20?;;/m111../s1. The summed E-state index contributed by atoms with van der Waals surface area (Å²) in [6.45, 7) is 48.1. The maximum atomic E-state index is 14.1. The number of hydrogen-bond donors (Lipinski definition) is 8. The van der Waals surface area contributed by atoms with Crippen LogP contribution in [0.1, 0.15) is 299 Å². The van der Waals surface area contributed by atoms with Gasteiger partial charge in [-0.1, -0.05) is 72.4 Å². The first-order valence-electron chi connectivity index (χ1n) is 51.8. The van der Waals surface area contributed by atoms with E-state index in [1.807, 2.05) is 43.8 Å². The number of likely N-dealkylation sites (tertiary alicyclic amines) is 1. The Morgan fingerprint density at radius 1 is 0.472 bits per heavy atom. The van der Waals surface area contributed by atoms with Gasteiger partial charge in [-0.15, -0.1) is 39.0 Å². The fourth-order valence-electron chi connectivity index (χ4n) is 22.9. The van der Waals surface area contributed by atoms with Gasteiger partial charge in [0.1, 0.15) is 14.5 Å². The Balaban J connectivity index is 0.000000150. The maximum Gasteiger partial charge on any atom is 0.442 e. The molecule has 2 unspecified atom stereocenters. The molecule has 9 N–H and O–H groups in total. The van der Waals surface area contributed by atoms with E-state index in [4.69, 9.17) is 32.4 Å². The first-order valence-corrected chi connectivity index (χ1v) is 55.1. The number of rotatable bonds is 22. The molecule has 16 heterocycles. The molecule has 11 aromatic rings. The topological polar surface area (TPSA) is 315 Å². The van der Waals surface area contributed by atoms with Gasteiger partial charge in [0.2, 0.25) is 23.7 Å². The van der Waals surface area contributed by atoms with E-state index in [0.717, 1.165) is 152 Å². The lowest BCUT2D eigenvalue weighted by molar-refractivity contribution is -0.138. The average Bonchev–Trinajstić information content (AvgIpc) is 1.59. The molecule has 3 aromatic carbocycles. The van der Waals surface area contributed by atoms with Crippen molar-refractivity contribution in [3.63, 3.8) is 0 Å². The fraction of sp³-hybridized carbons (Fsp3) is 0.518. The number of ether oxygens (including phenoxy) is 3. The summed E-state index contributed by atoms with van der Waals surface area (Å²) in [5.41, 5.74) is 24.9. The van der Waals surface area contributed by atoms with Gasteiger partial charge >= 0.3 is 18.3 Å². The highest BCUT2D eigenvalue weighted by Gasteiger charge is 2.51. The zero-order valence-electron chi connectivity index (χ0n) is 87.8. The number of pyridine rings is 2. The number of carbonyl (C=O) groups is 6. The summed E-state index contributed by atoms with van der Waals surface area (Å²) in [7, 11) is 0. The van der Waals surface area contributed by atoms with Crippen molar-refractivity contribution in [3.8, 4) is 33.8 Å². The predicted octanol–water partition coefficient (Wildman–Crippen LogP) is 24.3. The number of aromatic nitrogens is 5. The minimum Gasteiger partial charge on any atom is -0.447 e. The number of guanidine groups is 1. The van der Waals surface area contributed by atoms with Crippen LogP contribution in [0.25, 0.3) is 64.4 Å². The number of carbonyl (C=O) groups excluding carboxylic acids is 6. The van der Waals surface area contributed by atoms with Gasteiger partial charge in [0.25, 0.3) is 0 Å². The van der Waals surface area contributed by atoms with Gasteiger partial charge in [-0.2, -0.15) is 0 Å². The molecular formula is C114H148N16O9S5. The van der Waals surface area contributed by atoms with Crippen LogP contribution in [0.5, 0.6) is 0 Å². The van der Waals surface area contributed by atoms with Gasteiger partial charge < -0.3 is 65.1 Å². The number of thiophene rings is 3. The Morgan fingerprint density at radius 2 is 0.819 bits per heavy atom. The van der Waals surface area contributed by atoms with Crippen molar-refractivity contribution in [1.29, 1.82) is 0 Å². The van der Waals surface area contributed by atoms with E-state index in [0.29, 0.717) is 73.7 Å². The second kappa shape index (κ2) is 46.1. The van der Waals surface area contributed by atoms with Crippen LogP contribution in [0.3, 0.4) is 0 Å². The highest BCUT2D eigenvalue weighted by Crippen LogP contribution is 2.51. The van der Waals surface area contributed by atoms with E-state index in [2.05, 4.69) is 289 Å². The Labute approximate surface area is 872 Å². The molecule has 0 aliphatic carbocycles. The number of alkyl carbamates (subject to hydrolysis) is 2. The molecule has 8 saturated heterocycles. The zero-order chi connectivity index (χ0) is 103. The van der Waals surface area contributed by atoms with E-state index in [-0.39, 0.29) is 53.0 Å². The normalized spacial score (nSPS) is 20.1. The summed E-state index contributed by atoms with van der Waals surface area (Å²) in [6, 6.07) is 37.6. The first-order chi connectivity index (χ1) is 68.6. The molecule has 30 heteroatoms. The number of H-pyrrole nitrogens is 3. The Hall–Kier alpha value is -10.8. The van der Waals surface area contributed by atoms with E-state index < -0.39 is 34.5 Å². The van der Waals surface area contributed by atoms with E-state index in [9.17, 15) is 28.8 Å². The van der Waals surface area contributed by atoms with Crippen molar-refractivity contribution < 1.29 is 43.0 Å². The van der Waals surface area contributed by atoms with Gasteiger partial charge in [0.15, 0.2) is 5.11 Å². The largest absolute Gasteiger partial charge is 0.447 e. The van der Waals surface area contributed by atoms with Gasteiger partial charge in [0.05, 0.1) is 56.8 Å². The van der Waals surface area contributed by atoms with Crippen LogP contribution in [0.15, 0.2) is 132 Å². The molecule has 6 amide bonds. The number of aryl methyl sites for hydroxylation is 6. The number of nitrogens with zero attached hydrogens (tertiary/aromatic N) is 8. The summed E-state index contributed by atoms with van der Waals surface area (Å²) in [5.74, 6) is 2.68. The molecule has 8 aromatic heterocycles. The average molecular weight is 2050 g/mol. The van der Waals surface area contributed by atoms with Crippen molar-refractivity contribution in [2.75, 3.05) is 45.8 Å². The minimum absolute atomic E-state index is 0.00164. The lowest BCUT2D eigenvalue weighted by Gasteiger charge is -2.31. The number of hydrogen-bond acceptors (Lipinski definition) is 19. The number of thiocarbonyl (C=S) groups is 2. The zero-order valence-corrected chi connectivity index (χ0v) is 91.9. The molecule has 0 spiro atoms. The quantitative estimate of drug-likeness (QED) is 0.0135. The molecule has 144 heavy (non-hydrogen) atoms. The summed E-state index contributed by atoms with van der Waals surface area (Å²) < 4.78 is 15.2. The molecule has 8 aliphatic rings. The van der Waals surface area contributed by atoms with Crippen molar-refractivity contribution >= 4 is 141 Å². The monoisotopic (exact) mass is 2050 g/mol. The molecule has 19 rings (SSSR count). The highest BCUT2D eigenvalue weighted by molar-refractivity contribution is 7.80. The molecule has 25 nitrogen and oxygen atoms in total. The SMILES string of the molecule is CC(C)OC(=O)N=C=S.Cc1cc(C)cc(-c2[nH]c3sc(C(C)(C)C(=O)N4C5CCC4CC5)cc3c2[C@H](C)CN)c1.Cc1cc(C)cc(-c2[nH]c3sc(C(C)(C)C(=O)N4C5CCC4CC5)cc3c2[C@H](C)CN=C(NC(=O)OC(C)C)N2CCC(c3ccncc3)C2)c1.Cc1cc(C)cc(-c2[nH]c3sc(C(C)(C)C(=O)N4C5CCC4CC5)cc3c2[C@H](C)CNC(=S)NC(=O)OC(C)C)c1.c1cc(C2CCNC2)ccn1. The Bertz CT molecular complexity index is 6420. The highest BCUT2D eigenvalue weighted by atomic mass is 32.1. The van der Waals surface area contributed by atoms with Crippen LogP contribution in [0, 0.1) is 41.5 Å². The molecular weight excluding hydrogens is 1900 g/mol. The fourth-order valence-corrected chi connectivity index (χ4v) is 26.7. The molecule has 6 bridgehead atoms. The number of aliphatic imine (C=N–C) groups is 2. The third-order valence-electron chi connectivity index (χ3n) is 30.0. The number of amides is 6. The second-order valence-corrected chi connectivity index (χ2v) is 47.4. The number of nitrogens with one attached hydrogen (secondary N) is 7. The van der Waals surface area contributed by atoms with Crippen molar-refractivity contribution in [3.05, 3.63) is 198 Å². The molecule has 0 radical (unpaired) electrons. The molecule has 0 saturated carbocycles. The number of isothiocyanates is 1. The maximum absolute atomic E-state index is 14.1. The number of nitrogens with two attached hydrogens (primary N) is 1. The van der Waals surface area contributed by atoms with Gasteiger partial charge in [-0.05, 0) is 387 Å². The molecule has 8 fully saturated rings. The van der Waals surface area contributed by atoms with Crippen molar-refractivity contribution in [2.24, 2.45) is 15.7 Å². The summed E-state index contributed by atoms with van der Waals surface area (Å²) in [4.78, 5) is 120. The number of fused-ring (bicyclic) bond motifs is 9. The Kier molecular flexibility index (Phi) is 34.4.